The summed E-state index contributed by atoms with van der Waals surface area (Å²) in [4.78, 5) is 20.0. The van der Waals surface area contributed by atoms with Crippen molar-refractivity contribution in [1.82, 2.24) is 14.5 Å². The average molecular weight is 350 g/mol. The number of carbonyl (C=O) groups excluding carboxylic acids is 1. The van der Waals surface area contributed by atoms with E-state index in [0.717, 1.165) is 41.7 Å². The smallest absolute Gasteiger partial charge is 0.232 e. The van der Waals surface area contributed by atoms with Crippen LogP contribution in [0.5, 0.6) is 0 Å². The lowest BCUT2D eigenvalue weighted by Gasteiger charge is -2.32. The maximum absolute atomic E-state index is 12.5. The van der Waals surface area contributed by atoms with Crippen molar-refractivity contribution in [2.24, 2.45) is 7.05 Å². The van der Waals surface area contributed by atoms with Crippen molar-refractivity contribution in [2.45, 2.75) is 23.7 Å². The van der Waals surface area contributed by atoms with Gasteiger partial charge in [0.2, 0.25) is 5.91 Å². The third-order valence-corrected chi connectivity index (χ3v) is 5.42. The zero-order valence-electron chi connectivity index (χ0n) is 13.1. The number of likely N-dealkylation sites (tertiary alicyclic amines) is 1. The van der Waals surface area contributed by atoms with E-state index in [4.69, 9.17) is 11.6 Å². The Hall–Kier alpha value is -1.46. The summed E-state index contributed by atoms with van der Waals surface area (Å²) in [5.74, 6) is 2.08. The second kappa shape index (κ2) is 7.41. The van der Waals surface area contributed by atoms with E-state index in [1.807, 2.05) is 48.6 Å². The topological polar surface area (TPSA) is 38.1 Å². The van der Waals surface area contributed by atoms with Crippen LogP contribution in [0.1, 0.15) is 24.6 Å². The molecule has 2 heterocycles. The Morgan fingerprint density at radius 3 is 2.87 bits per heavy atom. The van der Waals surface area contributed by atoms with E-state index >= 15 is 0 Å². The van der Waals surface area contributed by atoms with E-state index in [-0.39, 0.29) is 5.91 Å². The van der Waals surface area contributed by atoms with E-state index < -0.39 is 0 Å². The number of aryl methyl sites for hydroxylation is 1. The minimum atomic E-state index is 0.198. The van der Waals surface area contributed by atoms with Crippen LogP contribution in [-0.2, 0) is 11.8 Å². The fourth-order valence-electron chi connectivity index (χ4n) is 2.95. The first-order valence-electron chi connectivity index (χ1n) is 7.77. The number of imidazole rings is 1. The van der Waals surface area contributed by atoms with Crippen LogP contribution in [0.25, 0.3) is 0 Å². The quantitative estimate of drug-likeness (QED) is 0.792. The van der Waals surface area contributed by atoms with Crippen LogP contribution >= 0.6 is 23.4 Å². The van der Waals surface area contributed by atoms with Crippen molar-refractivity contribution >= 4 is 29.3 Å². The molecule has 0 N–H and O–H groups in total. The Kier molecular flexibility index (Phi) is 5.28. The van der Waals surface area contributed by atoms with Crippen molar-refractivity contribution in [3.63, 3.8) is 0 Å². The Labute approximate surface area is 145 Å². The molecule has 1 aromatic carbocycles. The molecule has 1 fully saturated rings. The fourth-order valence-corrected chi connectivity index (χ4v) is 3.88. The van der Waals surface area contributed by atoms with Crippen LogP contribution in [0.15, 0.2) is 41.6 Å². The number of thioether (sulfide) groups is 1. The summed E-state index contributed by atoms with van der Waals surface area (Å²) in [5, 5.41) is 0.717. The van der Waals surface area contributed by atoms with Gasteiger partial charge in [0.25, 0.3) is 0 Å². The second-order valence-electron chi connectivity index (χ2n) is 5.82. The highest BCUT2D eigenvalue weighted by atomic mass is 35.5. The largest absolute Gasteiger partial charge is 0.341 e. The molecular formula is C17H20ClN3OS. The van der Waals surface area contributed by atoms with Gasteiger partial charge in [-0.3, -0.25) is 4.79 Å². The molecule has 122 valence electrons. The molecule has 0 saturated carbocycles. The molecule has 4 nitrogen and oxygen atoms in total. The average Bonchev–Trinajstić information content (AvgIpc) is 3.00. The van der Waals surface area contributed by atoms with Gasteiger partial charge in [0.1, 0.15) is 5.82 Å². The molecule has 0 radical (unpaired) electrons. The standard InChI is InChI=1S/C17H20ClN3OS/c1-20-10-8-19-17(20)13-3-2-9-21(11-13)16(22)12-23-15-6-4-14(18)5-7-15/h4-8,10,13H,2-3,9,11-12H2,1H3/t13-/m0/s1. The molecule has 2 aromatic rings. The molecule has 1 amide bonds. The van der Waals surface area contributed by atoms with Crippen molar-refractivity contribution in [1.29, 1.82) is 0 Å². The van der Waals surface area contributed by atoms with Gasteiger partial charge in [0, 0.05) is 48.4 Å². The monoisotopic (exact) mass is 349 g/mol. The van der Waals surface area contributed by atoms with E-state index in [1.54, 1.807) is 11.8 Å². The molecule has 1 atom stereocenters. The van der Waals surface area contributed by atoms with E-state index in [1.165, 1.54) is 0 Å². The van der Waals surface area contributed by atoms with Crippen LogP contribution in [0.2, 0.25) is 5.02 Å². The van der Waals surface area contributed by atoms with Crippen LogP contribution in [0.4, 0.5) is 0 Å². The second-order valence-corrected chi connectivity index (χ2v) is 7.30. The predicted octanol–water partition coefficient (Wildman–Crippen LogP) is 3.57. The number of nitrogens with zero attached hydrogens (tertiary/aromatic N) is 3. The van der Waals surface area contributed by atoms with Crippen LogP contribution in [0.3, 0.4) is 0 Å². The molecule has 3 rings (SSSR count). The van der Waals surface area contributed by atoms with Gasteiger partial charge in [-0.25, -0.2) is 4.98 Å². The number of hydrogen-bond acceptors (Lipinski definition) is 3. The summed E-state index contributed by atoms with van der Waals surface area (Å²) in [6, 6.07) is 7.61. The first kappa shape index (κ1) is 16.4. The van der Waals surface area contributed by atoms with Gasteiger partial charge in [-0.05, 0) is 37.1 Å². The predicted molar refractivity (Wildman–Crippen MR) is 93.9 cm³/mol. The molecule has 1 saturated heterocycles. The number of carbonyl (C=O) groups is 1. The SMILES string of the molecule is Cn1ccnc1[C@H]1CCCN(C(=O)CSc2ccc(Cl)cc2)C1. The fraction of sp³-hybridized carbons (Fsp3) is 0.412. The Bertz CT molecular complexity index is 671. The zero-order valence-corrected chi connectivity index (χ0v) is 14.7. The molecule has 1 aliphatic rings. The number of rotatable bonds is 4. The van der Waals surface area contributed by atoms with Gasteiger partial charge in [-0.2, -0.15) is 0 Å². The number of aromatic nitrogens is 2. The number of benzene rings is 1. The Morgan fingerprint density at radius 2 is 2.17 bits per heavy atom. The van der Waals surface area contributed by atoms with E-state index in [2.05, 4.69) is 9.55 Å². The Morgan fingerprint density at radius 1 is 1.39 bits per heavy atom. The number of amides is 1. The van der Waals surface area contributed by atoms with Crippen LogP contribution < -0.4 is 0 Å². The molecule has 6 heteroatoms. The molecule has 0 aliphatic carbocycles. The third-order valence-electron chi connectivity index (χ3n) is 4.17. The number of piperidine rings is 1. The molecule has 23 heavy (non-hydrogen) atoms. The van der Waals surface area contributed by atoms with Gasteiger partial charge in [-0.1, -0.05) is 11.6 Å². The zero-order chi connectivity index (χ0) is 16.2. The molecule has 1 aromatic heterocycles. The Balaban J connectivity index is 1.56. The lowest BCUT2D eigenvalue weighted by Crippen LogP contribution is -2.40. The maximum atomic E-state index is 12.5. The molecule has 0 unspecified atom stereocenters. The summed E-state index contributed by atoms with van der Waals surface area (Å²) < 4.78 is 2.06. The minimum absolute atomic E-state index is 0.198. The number of hydrogen-bond donors (Lipinski definition) is 0. The summed E-state index contributed by atoms with van der Waals surface area (Å²) in [6.07, 6.45) is 5.92. The van der Waals surface area contributed by atoms with E-state index in [9.17, 15) is 4.79 Å². The minimum Gasteiger partial charge on any atom is -0.341 e. The van der Waals surface area contributed by atoms with Crippen molar-refractivity contribution in [3.05, 3.63) is 47.5 Å². The maximum Gasteiger partial charge on any atom is 0.232 e. The van der Waals surface area contributed by atoms with Gasteiger partial charge < -0.3 is 9.47 Å². The van der Waals surface area contributed by atoms with E-state index in [0.29, 0.717) is 11.7 Å². The van der Waals surface area contributed by atoms with Crippen molar-refractivity contribution in [2.75, 3.05) is 18.8 Å². The van der Waals surface area contributed by atoms with Gasteiger partial charge in [0.05, 0.1) is 5.75 Å². The summed E-state index contributed by atoms with van der Waals surface area (Å²) in [6.45, 7) is 1.62. The van der Waals surface area contributed by atoms with Crippen LogP contribution in [0, 0.1) is 0 Å². The summed E-state index contributed by atoms with van der Waals surface area (Å²) in [7, 11) is 2.01. The lowest BCUT2D eigenvalue weighted by atomic mass is 9.97. The molecule has 0 bridgehead atoms. The molecule has 1 aliphatic heterocycles. The van der Waals surface area contributed by atoms with Crippen molar-refractivity contribution in [3.8, 4) is 0 Å². The van der Waals surface area contributed by atoms with Gasteiger partial charge in [-0.15, -0.1) is 11.8 Å². The van der Waals surface area contributed by atoms with Gasteiger partial charge in [0.15, 0.2) is 0 Å². The lowest BCUT2D eigenvalue weighted by molar-refractivity contribution is -0.129. The molecular weight excluding hydrogens is 330 g/mol. The van der Waals surface area contributed by atoms with Crippen LogP contribution in [-0.4, -0.2) is 39.2 Å². The summed E-state index contributed by atoms with van der Waals surface area (Å²) in [5.41, 5.74) is 0. The highest BCUT2D eigenvalue weighted by molar-refractivity contribution is 8.00. The first-order valence-corrected chi connectivity index (χ1v) is 9.13. The highest BCUT2D eigenvalue weighted by Crippen LogP contribution is 2.27. The van der Waals surface area contributed by atoms with Gasteiger partial charge >= 0.3 is 0 Å². The molecule has 0 spiro atoms. The first-order chi connectivity index (χ1) is 11.1. The van der Waals surface area contributed by atoms with Crippen molar-refractivity contribution < 1.29 is 4.79 Å². The number of halogens is 1. The highest BCUT2D eigenvalue weighted by Gasteiger charge is 2.26. The summed E-state index contributed by atoms with van der Waals surface area (Å²) >= 11 is 7.44. The normalized spacial score (nSPS) is 18.2. The third kappa shape index (κ3) is 4.09.